The van der Waals surface area contributed by atoms with Gasteiger partial charge in [-0.05, 0) is 75.2 Å². The molecule has 3 atom stereocenters. The van der Waals surface area contributed by atoms with Gasteiger partial charge >= 0.3 is 7.82 Å². The lowest BCUT2D eigenvalue weighted by molar-refractivity contribution is 0.00774. The van der Waals surface area contributed by atoms with E-state index in [1.165, 1.54) is 0 Å². The molecule has 0 amide bonds. The molecule has 38 heavy (non-hydrogen) atoms. The maximum atomic E-state index is 14.0. The summed E-state index contributed by atoms with van der Waals surface area (Å²) in [4.78, 5) is 0. The SMILES string of the molecule is CC(CO[Si](C)(C)C(C)(C)C)OP(=O)(OC(C)CO[Si](C)(C)C(C)(C)C)OC(C)CO[Si](C)(C)C(C)(C)C. The lowest BCUT2D eigenvalue weighted by Gasteiger charge is -2.38. The summed E-state index contributed by atoms with van der Waals surface area (Å²) in [5, 5.41) is 0.192. The summed E-state index contributed by atoms with van der Waals surface area (Å²) in [7, 11) is -9.93. The summed E-state index contributed by atoms with van der Waals surface area (Å²) in [6.45, 7) is 39.3. The molecule has 11 heteroatoms. The van der Waals surface area contributed by atoms with Crippen molar-refractivity contribution < 1.29 is 31.4 Å². The zero-order valence-electron chi connectivity index (χ0n) is 28.2. The van der Waals surface area contributed by atoms with Gasteiger partial charge in [0.1, 0.15) is 0 Å². The standard InChI is InChI=1S/C27H63O7PSi3/c1-22(19-29-36(13,14)25(4,5)6)32-35(28,33-23(2)20-30-37(15,16)26(7,8)9)34-24(3)21-31-38(17,18)27(10,11)12/h22-24H,19-21H2,1-18H3. The van der Waals surface area contributed by atoms with E-state index in [4.69, 9.17) is 26.8 Å². The van der Waals surface area contributed by atoms with Crippen LogP contribution in [0.15, 0.2) is 0 Å². The molecule has 0 heterocycles. The monoisotopic (exact) mass is 614 g/mol. The molecule has 0 aliphatic carbocycles. The Kier molecular flexibility index (Phi) is 14.0. The highest BCUT2D eigenvalue weighted by Gasteiger charge is 2.42. The highest BCUT2D eigenvalue weighted by molar-refractivity contribution is 7.48. The van der Waals surface area contributed by atoms with E-state index >= 15 is 0 Å². The van der Waals surface area contributed by atoms with Gasteiger partial charge in [-0.3, -0.25) is 13.6 Å². The molecule has 0 aromatic heterocycles. The summed E-state index contributed by atoms with van der Waals surface area (Å²) in [6.07, 6.45) is -1.43. The number of phosphoric acid groups is 1. The fourth-order valence-electron chi connectivity index (χ4n) is 2.45. The zero-order valence-corrected chi connectivity index (χ0v) is 32.1. The molecule has 3 unspecified atom stereocenters. The van der Waals surface area contributed by atoms with Crippen LogP contribution < -0.4 is 0 Å². The molecule has 7 nitrogen and oxygen atoms in total. The van der Waals surface area contributed by atoms with Gasteiger partial charge in [0.05, 0.1) is 38.1 Å². The predicted octanol–water partition coefficient (Wildman–Crippen LogP) is 9.38. The van der Waals surface area contributed by atoms with Crippen LogP contribution in [-0.4, -0.2) is 63.1 Å². The van der Waals surface area contributed by atoms with Gasteiger partial charge in [0, 0.05) is 0 Å². The molecular formula is C27H63O7PSi3. The Morgan fingerprint density at radius 1 is 0.500 bits per heavy atom. The normalized spacial score (nSPS) is 18.7. The molecule has 0 aromatic rings. The summed E-state index contributed by atoms with van der Waals surface area (Å²) < 4.78 is 51.0. The number of hydrogen-bond acceptors (Lipinski definition) is 7. The molecule has 0 radical (unpaired) electrons. The Bertz CT molecular complexity index is 668. The second-order valence-electron chi connectivity index (χ2n) is 15.4. The molecule has 0 aliphatic rings. The van der Waals surface area contributed by atoms with Gasteiger partial charge < -0.3 is 13.3 Å². The van der Waals surface area contributed by atoms with Gasteiger partial charge in [-0.25, -0.2) is 4.57 Å². The molecule has 0 bridgehead atoms. The first kappa shape index (κ1) is 38.6. The Hall–Kier alpha value is 0.641. The Labute approximate surface area is 239 Å². The summed E-state index contributed by atoms with van der Waals surface area (Å²) in [6, 6.07) is 0. The van der Waals surface area contributed by atoms with Gasteiger partial charge in [0.2, 0.25) is 0 Å². The summed E-state index contributed by atoms with van der Waals surface area (Å²) in [5.41, 5.74) is 0. The van der Waals surface area contributed by atoms with Crippen molar-refractivity contribution >= 4 is 32.8 Å². The summed E-state index contributed by atoms with van der Waals surface area (Å²) >= 11 is 0. The maximum Gasteiger partial charge on any atom is 0.475 e. The average molecular weight is 615 g/mol. The van der Waals surface area contributed by atoms with Crippen LogP contribution in [-0.2, 0) is 31.4 Å². The third-order valence-electron chi connectivity index (χ3n) is 8.38. The molecule has 0 aliphatic heterocycles. The number of rotatable bonds is 15. The van der Waals surface area contributed by atoms with Crippen LogP contribution in [0.3, 0.4) is 0 Å². The van der Waals surface area contributed by atoms with Crippen molar-refractivity contribution in [2.24, 2.45) is 0 Å². The van der Waals surface area contributed by atoms with Gasteiger partial charge in [0.15, 0.2) is 25.0 Å². The fraction of sp³-hybridized carbons (Fsp3) is 1.00. The molecule has 0 saturated heterocycles. The summed E-state index contributed by atoms with van der Waals surface area (Å²) in [5.74, 6) is 0. The largest absolute Gasteiger partial charge is 0.475 e. The van der Waals surface area contributed by atoms with Crippen LogP contribution in [0.4, 0.5) is 0 Å². The molecule has 0 N–H and O–H groups in total. The minimum absolute atomic E-state index is 0.0641. The molecule has 0 saturated carbocycles. The van der Waals surface area contributed by atoms with Crippen molar-refractivity contribution in [1.29, 1.82) is 0 Å². The Morgan fingerprint density at radius 2 is 0.684 bits per heavy atom. The van der Waals surface area contributed by atoms with Crippen molar-refractivity contribution in [1.82, 2.24) is 0 Å². The van der Waals surface area contributed by atoms with Crippen LogP contribution in [0.2, 0.25) is 54.4 Å². The van der Waals surface area contributed by atoms with E-state index in [1.54, 1.807) is 0 Å². The topological polar surface area (TPSA) is 72.5 Å². The van der Waals surface area contributed by atoms with Gasteiger partial charge in [-0.15, -0.1) is 0 Å². The molecule has 0 fully saturated rings. The Morgan fingerprint density at radius 3 is 0.842 bits per heavy atom. The highest BCUT2D eigenvalue weighted by atomic mass is 31.2. The predicted molar refractivity (Wildman–Crippen MR) is 169 cm³/mol. The molecule has 0 spiro atoms. The lowest BCUT2D eigenvalue weighted by atomic mass is 10.2. The van der Waals surface area contributed by atoms with Crippen molar-refractivity contribution in [2.75, 3.05) is 19.8 Å². The molecule has 0 rings (SSSR count). The van der Waals surface area contributed by atoms with E-state index in [2.05, 4.69) is 102 Å². The van der Waals surface area contributed by atoms with Crippen molar-refractivity contribution in [2.45, 2.75) is 156 Å². The van der Waals surface area contributed by atoms with Gasteiger partial charge in [0.25, 0.3) is 0 Å². The van der Waals surface area contributed by atoms with E-state index in [0.717, 1.165) is 0 Å². The second-order valence-corrected chi connectivity index (χ2v) is 31.4. The lowest BCUT2D eigenvalue weighted by Crippen LogP contribution is -2.43. The van der Waals surface area contributed by atoms with Crippen molar-refractivity contribution in [3.8, 4) is 0 Å². The zero-order chi connectivity index (χ0) is 30.6. The third-order valence-corrected chi connectivity index (χ3v) is 23.7. The van der Waals surface area contributed by atoms with Crippen LogP contribution in [0.1, 0.15) is 83.1 Å². The second kappa shape index (κ2) is 13.7. The third kappa shape index (κ3) is 12.7. The minimum atomic E-state index is -3.95. The van der Waals surface area contributed by atoms with E-state index in [-0.39, 0.29) is 15.1 Å². The van der Waals surface area contributed by atoms with Crippen LogP contribution in [0, 0.1) is 0 Å². The van der Waals surface area contributed by atoms with Crippen LogP contribution in [0.5, 0.6) is 0 Å². The molecule has 0 aromatic carbocycles. The first-order valence-electron chi connectivity index (χ1n) is 14.1. The van der Waals surface area contributed by atoms with Crippen LogP contribution in [0.25, 0.3) is 0 Å². The number of hydrogen-bond donors (Lipinski definition) is 0. The average Bonchev–Trinajstić information content (AvgIpc) is 2.66. The first-order valence-corrected chi connectivity index (χ1v) is 24.3. The van der Waals surface area contributed by atoms with Crippen molar-refractivity contribution in [3.63, 3.8) is 0 Å². The van der Waals surface area contributed by atoms with Crippen molar-refractivity contribution in [3.05, 3.63) is 0 Å². The van der Waals surface area contributed by atoms with E-state index in [1.807, 2.05) is 20.8 Å². The first-order chi connectivity index (χ1) is 16.6. The fourth-order valence-corrected chi connectivity index (χ4v) is 7.36. The van der Waals surface area contributed by atoms with E-state index < -0.39 is 51.1 Å². The molecular weight excluding hydrogens is 552 g/mol. The Balaban J connectivity index is 5.58. The highest BCUT2D eigenvalue weighted by Crippen LogP contribution is 2.53. The minimum Gasteiger partial charge on any atom is -0.414 e. The van der Waals surface area contributed by atoms with Crippen LogP contribution >= 0.6 is 7.82 Å². The van der Waals surface area contributed by atoms with E-state index in [0.29, 0.717) is 19.8 Å². The van der Waals surface area contributed by atoms with E-state index in [9.17, 15) is 4.57 Å². The maximum absolute atomic E-state index is 14.0. The molecule has 230 valence electrons. The van der Waals surface area contributed by atoms with Gasteiger partial charge in [-0.1, -0.05) is 62.3 Å². The smallest absolute Gasteiger partial charge is 0.414 e. The van der Waals surface area contributed by atoms with Gasteiger partial charge in [-0.2, -0.15) is 0 Å². The quantitative estimate of drug-likeness (QED) is 0.134. The number of phosphoric ester groups is 1.